The SMILES string of the molecule is CC(C)(C)OCC(C)(C)[Si](C)(C)O. The fourth-order valence-electron chi connectivity index (χ4n) is 0.574. The first-order chi connectivity index (χ1) is 5.46. The maximum Gasteiger partial charge on any atom is 0.190 e. The van der Waals surface area contributed by atoms with Crippen molar-refractivity contribution in [2.24, 2.45) is 0 Å². The van der Waals surface area contributed by atoms with Gasteiger partial charge >= 0.3 is 0 Å². The smallest absolute Gasteiger partial charge is 0.190 e. The van der Waals surface area contributed by atoms with E-state index >= 15 is 0 Å². The molecule has 0 aliphatic rings. The van der Waals surface area contributed by atoms with Gasteiger partial charge in [-0.15, -0.1) is 0 Å². The molecule has 0 radical (unpaired) electrons. The van der Waals surface area contributed by atoms with E-state index < -0.39 is 8.32 Å². The average Bonchev–Trinajstić information content (AvgIpc) is 1.79. The summed E-state index contributed by atoms with van der Waals surface area (Å²) in [5, 5.41) is -0.0831. The lowest BCUT2D eigenvalue weighted by atomic mass is 10.1. The number of hydrogen-bond acceptors (Lipinski definition) is 2. The lowest BCUT2D eigenvalue weighted by Gasteiger charge is -2.37. The Morgan fingerprint density at radius 2 is 1.46 bits per heavy atom. The second-order valence-corrected chi connectivity index (χ2v) is 10.3. The molecule has 1 N–H and O–H groups in total. The molecule has 0 heterocycles. The van der Waals surface area contributed by atoms with Crippen LogP contribution in [-0.4, -0.2) is 25.3 Å². The molecular formula is C10H24O2Si. The first kappa shape index (κ1) is 13.1. The summed E-state index contributed by atoms with van der Waals surface area (Å²) in [6, 6.07) is 0. The number of hydrogen-bond donors (Lipinski definition) is 1. The van der Waals surface area contributed by atoms with Crippen LogP contribution in [-0.2, 0) is 4.74 Å². The molecule has 0 atom stereocenters. The maximum atomic E-state index is 10.0. The molecule has 0 bridgehead atoms. The second-order valence-electron chi connectivity index (χ2n) is 5.84. The largest absolute Gasteiger partial charge is 0.432 e. The Hall–Kier alpha value is 0.137. The normalized spacial score (nSPS) is 14.8. The highest BCUT2D eigenvalue weighted by atomic mass is 28.4. The van der Waals surface area contributed by atoms with Crippen molar-refractivity contribution in [2.75, 3.05) is 6.61 Å². The molecule has 0 aromatic heterocycles. The molecule has 13 heavy (non-hydrogen) atoms. The Balaban J connectivity index is 4.21. The van der Waals surface area contributed by atoms with Crippen LogP contribution in [0.25, 0.3) is 0 Å². The van der Waals surface area contributed by atoms with Crippen molar-refractivity contribution in [3.05, 3.63) is 0 Å². The van der Waals surface area contributed by atoms with Crippen LogP contribution in [0.4, 0.5) is 0 Å². The Morgan fingerprint density at radius 1 is 1.08 bits per heavy atom. The predicted octanol–water partition coefficient (Wildman–Crippen LogP) is 2.78. The minimum atomic E-state index is -2.11. The minimum Gasteiger partial charge on any atom is -0.432 e. The summed E-state index contributed by atoms with van der Waals surface area (Å²) >= 11 is 0. The van der Waals surface area contributed by atoms with Gasteiger partial charge in [0.1, 0.15) is 0 Å². The third kappa shape index (κ3) is 4.79. The van der Waals surface area contributed by atoms with Gasteiger partial charge in [0, 0.05) is 5.04 Å². The van der Waals surface area contributed by atoms with Gasteiger partial charge in [-0.3, -0.25) is 0 Å². The van der Waals surface area contributed by atoms with E-state index in [1.54, 1.807) is 0 Å². The van der Waals surface area contributed by atoms with Crippen LogP contribution in [0.5, 0.6) is 0 Å². The molecule has 2 nitrogen and oxygen atoms in total. The summed E-state index contributed by atoms with van der Waals surface area (Å²) in [7, 11) is -2.11. The van der Waals surface area contributed by atoms with Crippen molar-refractivity contribution in [3.63, 3.8) is 0 Å². The maximum absolute atomic E-state index is 10.0. The molecule has 0 saturated heterocycles. The quantitative estimate of drug-likeness (QED) is 0.716. The average molecular weight is 204 g/mol. The highest BCUT2D eigenvalue weighted by molar-refractivity contribution is 6.72. The van der Waals surface area contributed by atoms with Gasteiger partial charge in [-0.25, -0.2) is 0 Å². The van der Waals surface area contributed by atoms with Gasteiger partial charge in [-0.05, 0) is 33.9 Å². The van der Waals surface area contributed by atoms with Crippen LogP contribution >= 0.6 is 0 Å². The van der Waals surface area contributed by atoms with Crippen molar-refractivity contribution in [2.45, 2.75) is 58.4 Å². The molecule has 0 saturated carbocycles. The Bertz CT molecular complexity index is 163. The molecule has 0 aromatic rings. The molecule has 0 aliphatic heterocycles. The molecule has 0 aromatic carbocycles. The molecular weight excluding hydrogens is 180 g/mol. The second kappa shape index (κ2) is 3.71. The highest BCUT2D eigenvalue weighted by Gasteiger charge is 2.39. The zero-order chi connectivity index (χ0) is 10.9. The van der Waals surface area contributed by atoms with Gasteiger partial charge in [0.2, 0.25) is 0 Å². The van der Waals surface area contributed by atoms with Crippen molar-refractivity contribution in [1.29, 1.82) is 0 Å². The molecule has 0 aliphatic carbocycles. The third-order valence-corrected chi connectivity index (χ3v) is 5.98. The molecule has 0 rings (SSSR count). The zero-order valence-electron chi connectivity index (χ0n) is 10.1. The monoisotopic (exact) mass is 204 g/mol. The van der Waals surface area contributed by atoms with Crippen LogP contribution in [0.2, 0.25) is 18.1 Å². The standard InChI is InChI=1S/C10H24O2Si/c1-9(2,3)12-8-10(4,5)13(6,7)11/h11H,8H2,1-7H3. The zero-order valence-corrected chi connectivity index (χ0v) is 11.1. The topological polar surface area (TPSA) is 29.5 Å². The molecule has 0 unspecified atom stereocenters. The molecule has 80 valence electrons. The van der Waals surface area contributed by atoms with E-state index in [0.29, 0.717) is 6.61 Å². The summed E-state index contributed by atoms with van der Waals surface area (Å²) in [5.74, 6) is 0. The van der Waals surface area contributed by atoms with Gasteiger partial charge in [0.05, 0.1) is 12.2 Å². The van der Waals surface area contributed by atoms with Gasteiger partial charge in [-0.2, -0.15) is 0 Å². The van der Waals surface area contributed by atoms with E-state index in [9.17, 15) is 4.80 Å². The number of ether oxygens (including phenoxy) is 1. The van der Waals surface area contributed by atoms with Crippen LogP contribution < -0.4 is 0 Å². The van der Waals surface area contributed by atoms with Gasteiger partial charge in [0.15, 0.2) is 8.32 Å². The third-order valence-electron chi connectivity index (χ3n) is 2.52. The highest BCUT2D eigenvalue weighted by Crippen LogP contribution is 2.36. The molecule has 3 heteroatoms. The van der Waals surface area contributed by atoms with E-state index in [2.05, 4.69) is 13.8 Å². The lowest BCUT2D eigenvalue weighted by molar-refractivity contribution is -0.0167. The summed E-state index contributed by atoms with van der Waals surface area (Å²) < 4.78 is 5.70. The van der Waals surface area contributed by atoms with Crippen LogP contribution in [0.3, 0.4) is 0 Å². The molecule has 0 amide bonds. The van der Waals surface area contributed by atoms with Gasteiger partial charge < -0.3 is 9.53 Å². The number of rotatable bonds is 3. The molecule has 0 fully saturated rings. The molecule has 0 spiro atoms. The van der Waals surface area contributed by atoms with E-state index in [4.69, 9.17) is 4.74 Å². The summed E-state index contributed by atoms with van der Waals surface area (Å²) in [6.07, 6.45) is 0. The first-order valence-corrected chi connectivity index (χ1v) is 7.77. The predicted molar refractivity (Wildman–Crippen MR) is 59.4 cm³/mol. The Morgan fingerprint density at radius 3 is 1.69 bits per heavy atom. The summed E-state index contributed by atoms with van der Waals surface area (Å²) in [5.41, 5.74) is -0.114. The van der Waals surface area contributed by atoms with E-state index in [0.717, 1.165) is 0 Å². The van der Waals surface area contributed by atoms with Crippen molar-refractivity contribution in [3.8, 4) is 0 Å². The fraction of sp³-hybridized carbons (Fsp3) is 1.00. The van der Waals surface area contributed by atoms with Crippen molar-refractivity contribution < 1.29 is 9.53 Å². The summed E-state index contributed by atoms with van der Waals surface area (Å²) in [6.45, 7) is 14.8. The van der Waals surface area contributed by atoms with Crippen LogP contribution in [0.1, 0.15) is 34.6 Å². The van der Waals surface area contributed by atoms with Crippen molar-refractivity contribution in [1.82, 2.24) is 0 Å². The van der Waals surface area contributed by atoms with Crippen LogP contribution in [0, 0.1) is 0 Å². The van der Waals surface area contributed by atoms with Gasteiger partial charge in [0.25, 0.3) is 0 Å². The van der Waals surface area contributed by atoms with E-state index in [1.807, 2.05) is 33.9 Å². The summed E-state index contributed by atoms with van der Waals surface area (Å²) in [4.78, 5) is 10.0. The van der Waals surface area contributed by atoms with Gasteiger partial charge in [-0.1, -0.05) is 13.8 Å². The van der Waals surface area contributed by atoms with E-state index in [1.165, 1.54) is 0 Å². The Labute approximate surface area is 83.4 Å². The van der Waals surface area contributed by atoms with Crippen molar-refractivity contribution >= 4 is 8.32 Å². The van der Waals surface area contributed by atoms with Crippen LogP contribution in [0.15, 0.2) is 0 Å². The fourth-order valence-corrected chi connectivity index (χ4v) is 0.999. The minimum absolute atomic E-state index is 0.0831. The Kier molecular flexibility index (Phi) is 3.75. The lowest BCUT2D eigenvalue weighted by Crippen LogP contribution is -2.43. The first-order valence-electron chi connectivity index (χ1n) is 4.82. The van der Waals surface area contributed by atoms with E-state index in [-0.39, 0.29) is 10.6 Å².